The minimum Gasteiger partial charge on any atom is -0.309 e. The fourth-order valence-corrected chi connectivity index (χ4v) is 9.17. The molecule has 0 N–H and O–H groups in total. The third-order valence-corrected chi connectivity index (χ3v) is 11.5. The Morgan fingerprint density at radius 1 is 0.565 bits per heavy atom. The smallest absolute Gasteiger partial charge is 0.0705 e. The van der Waals surface area contributed by atoms with Crippen molar-refractivity contribution in [3.8, 4) is 39.2 Å². The van der Waals surface area contributed by atoms with E-state index in [0.717, 1.165) is 11.6 Å². The summed E-state index contributed by atoms with van der Waals surface area (Å²) in [5.74, 6) is 1.44. The molecule has 0 aliphatic heterocycles. The summed E-state index contributed by atoms with van der Waals surface area (Å²) in [6.07, 6.45) is 7.54. The summed E-state index contributed by atoms with van der Waals surface area (Å²) in [4.78, 5) is 4.99. The summed E-state index contributed by atoms with van der Waals surface area (Å²) in [6.45, 7) is 4.73. The number of nitrogens with zero attached hydrogens (tertiary/aromatic N) is 2. The van der Waals surface area contributed by atoms with Crippen LogP contribution in [0.5, 0.6) is 0 Å². The summed E-state index contributed by atoms with van der Waals surface area (Å²) in [6, 6.07) is 43.1. The molecule has 2 nitrogen and oxygen atoms in total. The van der Waals surface area contributed by atoms with Crippen LogP contribution in [0.4, 0.5) is 0 Å². The Bertz CT molecular complexity index is 2360. The van der Waals surface area contributed by atoms with Crippen molar-refractivity contribution in [1.82, 2.24) is 9.55 Å². The van der Waals surface area contributed by atoms with Crippen molar-refractivity contribution in [3.05, 3.63) is 144 Å². The summed E-state index contributed by atoms with van der Waals surface area (Å²) < 4.78 is 2.47. The minimum absolute atomic E-state index is 0.0477. The van der Waals surface area contributed by atoms with Crippen LogP contribution in [0.3, 0.4) is 0 Å². The molecule has 0 radical (unpaired) electrons. The molecular weight excluding hydrogens is 556 g/mol. The second kappa shape index (κ2) is 9.53. The molecule has 5 aromatic carbocycles. The molecule has 7 aromatic rings. The van der Waals surface area contributed by atoms with E-state index in [1.54, 1.807) is 5.56 Å². The molecule has 222 valence electrons. The van der Waals surface area contributed by atoms with Crippen molar-refractivity contribution in [2.45, 2.75) is 56.8 Å². The van der Waals surface area contributed by atoms with Gasteiger partial charge in [-0.3, -0.25) is 4.98 Å². The first kappa shape index (κ1) is 26.3. The van der Waals surface area contributed by atoms with Crippen molar-refractivity contribution in [3.63, 3.8) is 0 Å². The van der Waals surface area contributed by atoms with Gasteiger partial charge in [-0.25, -0.2) is 0 Å². The number of aromatic nitrogens is 2. The molecular formula is C44H36N2. The fraction of sp³-hybridized carbons (Fsp3) is 0.205. The maximum absolute atomic E-state index is 4.99. The molecule has 1 saturated carbocycles. The average molecular weight is 593 g/mol. The molecule has 0 atom stereocenters. The summed E-state index contributed by atoms with van der Waals surface area (Å²) in [5, 5.41) is 2.60. The zero-order valence-corrected chi connectivity index (χ0v) is 26.4. The van der Waals surface area contributed by atoms with E-state index in [9.17, 15) is 0 Å². The zero-order chi connectivity index (χ0) is 30.6. The molecule has 4 aliphatic carbocycles. The molecule has 2 bridgehead atoms. The molecule has 46 heavy (non-hydrogen) atoms. The first-order valence-corrected chi connectivity index (χ1v) is 16.9. The van der Waals surface area contributed by atoms with Crippen LogP contribution in [0.2, 0.25) is 0 Å². The fourth-order valence-electron chi connectivity index (χ4n) is 9.17. The molecule has 2 heteroatoms. The van der Waals surface area contributed by atoms with Gasteiger partial charge in [0, 0.05) is 33.6 Å². The van der Waals surface area contributed by atoms with E-state index in [4.69, 9.17) is 4.98 Å². The molecule has 0 saturated heterocycles. The van der Waals surface area contributed by atoms with Crippen molar-refractivity contribution < 1.29 is 0 Å². The van der Waals surface area contributed by atoms with Gasteiger partial charge in [0.15, 0.2) is 0 Å². The van der Waals surface area contributed by atoms with Gasteiger partial charge in [-0.2, -0.15) is 0 Å². The summed E-state index contributed by atoms with van der Waals surface area (Å²) in [7, 11) is 0. The van der Waals surface area contributed by atoms with Crippen LogP contribution in [0.25, 0.3) is 61.0 Å². The van der Waals surface area contributed by atoms with Crippen LogP contribution in [0, 0.1) is 0 Å². The van der Waals surface area contributed by atoms with Crippen LogP contribution in [-0.2, 0) is 5.41 Å². The molecule has 0 unspecified atom stereocenters. The van der Waals surface area contributed by atoms with Crippen molar-refractivity contribution >= 4 is 21.8 Å². The topological polar surface area (TPSA) is 17.8 Å². The van der Waals surface area contributed by atoms with E-state index < -0.39 is 0 Å². The number of pyridine rings is 1. The number of para-hydroxylation sites is 1. The van der Waals surface area contributed by atoms with E-state index in [2.05, 4.69) is 140 Å². The minimum atomic E-state index is -0.0477. The van der Waals surface area contributed by atoms with E-state index >= 15 is 0 Å². The molecule has 1 fully saturated rings. The van der Waals surface area contributed by atoms with Gasteiger partial charge >= 0.3 is 0 Å². The Balaban J connectivity index is 1.11. The standard InChI is InChI=1S/C44H36N2/c1-44(2)39-15-5-3-13-33(39)36-23-37-34-14-4-6-16-42(34)46(43(37)25-40(36)44)32-12-8-10-30(22-32)29-9-7-11-31(21-29)41-24-35-27-17-19-28(20-18-27)38(35)26-45-41/h3-16,21-28H,17-20H2,1-2H3. The van der Waals surface area contributed by atoms with Crippen LogP contribution in [0.1, 0.15) is 73.6 Å². The lowest BCUT2D eigenvalue weighted by atomic mass is 9.67. The van der Waals surface area contributed by atoms with Gasteiger partial charge in [0.2, 0.25) is 0 Å². The molecule has 2 aromatic heterocycles. The Hall–Kier alpha value is -4.95. The lowest BCUT2D eigenvalue weighted by Gasteiger charge is -2.38. The lowest BCUT2D eigenvalue weighted by molar-refractivity contribution is 0.358. The Morgan fingerprint density at radius 3 is 2.15 bits per heavy atom. The van der Waals surface area contributed by atoms with E-state index in [0.29, 0.717) is 5.92 Å². The highest BCUT2D eigenvalue weighted by Gasteiger charge is 2.36. The maximum Gasteiger partial charge on any atom is 0.0705 e. The Kier molecular flexibility index (Phi) is 5.45. The highest BCUT2D eigenvalue weighted by Crippen LogP contribution is 2.52. The van der Waals surface area contributed by atoms with E-state index in [1.165, 1.54) is 97.7 Å². The predicted octanol–water partition coefficient (Wildman–Crippen LogP) is 11.6. The molecule has 2 heterocycles. The van der Waals surface area contributed by atoms with Gasteiger partial charge in [-0.1, -0.05) is 86.6 Å². The number of fused-ring (bicyclic) bond motifs is 8. The van der Waals surface area contributed by atoms with Crippen molar-refractivity contribution in [1.29, 1.82) is 0 Å². The van der Waals surface area contributed by atoms with Crippen molar-refractivity contribution in [2.75, 3.05) is 0 Å². The number of hydrogen-bond donors (Lipinski definition) is 0. The van der Waals surface area contributed by atoms with Gasteiger partial charge in [0.25, 0.3) is 0 Å². The lowest BCUT2D eigenvalue weighted by Crippen LogP contribution is -2.21. The summed E-state index contributed by atoms with van der Waals surface area (Å²) >= 11 is 0. The second-order valence-electron chi connectivity index (χ2n) is 14.3. The SMILES string of the molecule is CC1(C)c2ccccc2-c2cc3c4ccccc4n(-c4cccc(-c5cccc(-c6cc7c(cn6)C6CCC7CC6)c5)c4)c3cc21. The third-order valence-electron chi connectivity index (χ3n) is 11.5. The third kappa shape index (κ3) is 3.67. The van der Waals surface area contributed by atoms with Crippen LogP contribution < -0.4 is 0 Å². The van der Waals surface area contributed by atoms with Crippen LogP contribution in [-0.4, -0.2) is 9.55 Å². The monoisotopic (exact) mass is 592 g/mol. The van der Waals surface area contributed by atoms with Gasteiger partial charge in [0.1, 0.15) is 0 Å². The molecule has 0 amide bonds. The highest BCUT2D eigenvalue weighted by molar-refractivity contribution is 6.11. The second-order valence-corrected chi connectivity index (χ2v) is 14.3. The van der Waals surface area contributed by atoms with E-state index in [1.807, 2.05) is 0 Å². The average Bonchev–Trinajstić information content (AvgIpc) is 3.56. The van der Waals surface area contributed by atoms with Crippen LogP contribution >= 0.6 is 0 Å². The molecule has 11 rings (SSSR count). The molecule has 4 aliphatic rings. The van der Waals surface area contributed by atoms with Gasteiger partial charge in [0.05, 0.1) is 16.7 Å². The van der Waals surface area contributed by atoms with Crippen LogP contribution in [0.15, 0.2) is 121 Å². The normalized spacial score (nSPS) is 18.9. The first-order valence-electron chi connectivity index (χ1n) is 16.9. The highest BCUT2D eigenvalue weighted by atomic mass is 15.0. The number of hydrogen-bond acceptors (Lipinski definition) is 1. The molecule has 0 spiro atoms. The Labute approximate surface area is 270 Å². The maximum atomic E-state index is 4.99. The first-order chi connectivity index (χ1) is 22.5. The number of benzene rings is 5. The number of rotatable bonds is 3. The predicted molar refractivity (Wildman–Crippen MR) is 191 cm³/mol. The van der Waals surface area contributed by atoms with Gasteiger partial charge in [-0.15, -0.1) is 0 Å². The zero-order valence-electron chi connectivity index (χ0n) is 26.4. The van der Waals surface area contributed by atoms with E-state index in [-0.39, 0.29) is 5.41 Å². The largest absolute Gasteiger partial charge is 0.309 e. The van der Waals surface area contributed by atoms with Gasteiger partial charge in [-0.05, 0) is 124 Å². The van der Waals surface area contributed by atoms with Gasteiger partial charge < -0.3 is 4.57 Å². The Morgan fingerprint density at radius 2 is 1.28 bits per heavy atom. The van der Waals surface area contributed by atoms with Crippen molar-refractivity contribution in [2.24, 2.45) is 0 Å². The quantitative estimate of drug-likeness (QED) is 0.200. The summed E-state index contributed by atoms with van der Waals surface area (Å²) in [5.41, 5.74) is 17.0.